The minimum Gasteiger partial charge on any atom is -0.385 e. The Bertz CT molecular complexity index is 333. The van der Waals surface area contributed by atoms with E-state index >= 15 is 0 Å². The molecule has 2 rings (SSSR count). The van der Waals surface area contributed by atoms with Crippen molar-refractivity contribution in [2.45, 2.75) is 26.2 Å². The van der Waals surface area contributed by atoms with Crippen molar-refractivity contribution < 1.29 is 0 Å². The molecule has 1 nitrogen and oxygen atoms in total. The first-order chi connectivity index (χ1) is 6.18. The number of hydrogen-bond acceptors (Lipinski definition) is 1. The molecule has 70 valence electrons. The maximum Gasteiger partial charge on any atom is 0.0455 e. The Hall–Kier alpha value is -0.690. The van der Waals surface area contributed by atoms with Crippen LogP contribution in [-0.4, -0.2) is 6.54 Å². The fraction of sp³-hybridized carbons (Fsp3) is 0.455. The molecule has 1 aromatic carbocycles. The van der Waals surface area contributed by atoms with Gasteiger partial charge in [0.25, 0.3) is 0 Å². The summed E-state index contributed by atoms with van der Waals surface area (Å²) in [6.45, 7) is 5.39. The molecule has 0 aromatic heterocycles. The molecule has 0 aliphatic carbocycles. The van der Waals surface area contributed by atoms with E-state index in [9.17, 15) is 0 Å². The maximum atomic E-state index is 6.05. The summed E-state index contributed by atoms with van der Waals surface area (Å²) in [6, 6.07) is 4.25. The lowest BCUT2D eigenvalue weighted by Gasteiger charge is -2.24. The molecular formula is C11H14ClN. The average Bonchev–Trinajstić information content (AvgIpc) is 2.09. The number of aryl methyl sites for hydroxylation is 1. The molecule has 0 saturated heterocycles. The van der Waals surface area contributed by atoms with E-state index in [0.29, 0.717) is 5.92 Å². The minimum absolute atomic E-state index is 0.659. The van der Waals surface area contributed by atoms with Crippen LogP contribution in [0.2, 0.25) is 5.02 Å². The first-order valence-corrected chi connectivity index (χ1v) is 5.10. The maximum absolute atomic E-state index is 6.05. The standard InChI is InChI=1S/C11H14ClN/c1-7-3-4-13-11-6-10(12)8(2)5-9(7)11/h5-7,13H,3-4H2,1-2H3/t7-/m1/s1. The van der Waals surface area contributed by atoms with Gasteiger partial charge in [0.15, 0.2) is 0 Å². The molecule has 0 fully saturated rings. The molecule has 0 saturated carbocycles. The molecule has 0 bridgehead atoms. The SMILES string of the molecule is Cc1cc2c(cc1Cl)NCC[C@H]2C. The van der Waals surface area contributed by atoms with Gasteiger partial charge in [0.1, 0.15) is 0 Å². The third-order valence-corrected chi connectivity index (χ3v) is 3.16. The summed E-state index contributed by atoms with van der Waals surface area (Å²) < 4.78 is 0. The third kappa shape index (κ3) is 1.53. The summed E-state index contributed by atoms with van der Waals surface area (Å²) in [4.78, 5) is 0. The fourth-order valence-corrected chi connectivity index (χ4v) is 2.01. The van der Waals surface area contributed by atoms with Gasteiger partial charge in [-0.25, -0.2) is 0 Å². The quantitative estimate of drug-likeness (QED) is 0.668. The Balaban J connectivity index is 2.52. The molecule has 1 aliphatic rings. The number of benzene rings is 1. The molecule has 1 heterocycles. The van der Waals surface area contributed by atoms with E-state index in [2.05, 4.69) is 25.2 Å². The highest BCUT2D eigenvalue weighted by atomic mass is 35.5. The zero-order valence-electron chi connectivity index (χ0n) is 8.02. The Morgan fingerprint density at radius 3 is 3.00 bits per heavy atom. The second-order valence-electron chi connectivity index (χ2n) is 3.81. The van der Waals surface area contributed by atoms with Gasteiger partial charge >= 0.3 is 0 Å². The van der Waals surface area contributed by atoms with Crippen LogP contribution in [0.25, 0.3) is 0 Å². The largest absolute Gasteiger partial charge is 0.385 e. The van der Waals surface area contributed by atoms with Gasteiger partial charge in [-0.15, -0.1) is 0 Å². The first-order valence-electron chi connectivity index (χ1n) is 4.72. The van der Waals surface area contributed by atoms with Crippen LogP contribution >= 0.6 is 11.6 Å². The van der Waals surface area contributed by atoms with Gasteiger partial charge in [0.05, 0.1) is 0 Å². The van der Waals surface area contributed by atoms with Crippen molar-refractivity contribution in [3.8, 4) is 0 Å². The van der Waals surface area contributed by atoms with Crippen molar-refractivity contribution in [1.82, 2.24) is 0 Å². The molecule has 1 aromatic rings. The van der Waals surface area contributed by atoms with E-state index in [-0.39, 0.29) is 0 Å². The van der Waals surface area contributed by atoms with Gasteiger partial charge in [-0.05, 0) is 36.5 Å². The smallest absolute Gasteiger partial charge is 0.0455 e. The van der Waals surface area contributed by atoms with Crippen LogP contribution < -0.4 is 5.32 Å². The molecule has 1 N–H and O–H groups in total. The topological polar surface area (TPSA) is 12.0 Å². The number of halogens is 1. The monoisotopic (exact) mass is 195 g/mol. The predicted octanol–water partition coefficient (Wildman–Crippen LogP) is 3.57. The first kappa shape index (κ1) is 8.89. The summed E-state index contributed by atoms with van der Waals surface area (Å²) in [5, 5.41) is 4.24. The molecule has 13 heavy (non-hydrogen) atoms. The highest BCUT2D eigenvalue weighted by Crippen LogP contribution is 2.34. The third-order valence-electron chi connectivity index (χ3n) is 2.75. The number of rotatable bonds is 0. The Labute approximate surface area is 84.1 Å². The summed E-state index contributed by atoms with van der Waals surface area (Å²) >= 11 is 6.05. The van der Waals surface area contributed by atoms with E-state index in [1.165, 1.54) is 23.2 Å². The molecule has 0 spiro atoms. The lowest BCUT2D eigenvalue weighted by Crippen LogP contribution is -2.14. The van der Waals surface area contributed by atoms with Crippen LogP contribution in [0.15, 0.2) is 12.1 Å². The van der Waals surface area contributed by atoms with E-state index in [1.807, 2.05) is 6.07 Å². The van der Waals surface area contributed by atoms with Crippen LogP contribution in [0, 0.1) is 6.92 Å². The van der Waals surface area contributed by atoms with Crippen LogP contribution in [-0.2, 0) is 0 Å². The molecule has 1 atom stereocenters. The van der Waals surface area contributed by atoms with Crippen LogP contribution in [0.1, 0.15) is 30.4 Å². The fourth-order valence-electron chi connectivity index (χ4n) is 1.84. The second kappa shape index (κ2) is 3.22. The Morgan fingerprint density at radius 2 is 2.23 bits per heavy atom. The van der Waals surface area contributed by atoms with E-state index in [0.717, 1.165) is 11.6 Å². The van der Waals surface area contributed by atoms with Gasteiger partial charge in [0, 0.05) is 17.3 Å². The van der Waals surface area contributed by atoms with E-state index in [4.69, 9.17) is 11.6 Å². The van der Waals surface area contributed by atoms with Crippen molar-refractivity contribution >= 4 is 17.3 Å². The second-order valence-corrected chi connectivity index (χ2v) is 4.21. The zero-order chi connectivity index (χ0) is 9.42. The van der Waals surface area contributed by atoms with E-state index in [1.54, 1.807) is 0 Å². The minimum atomic E-state index is 0.659. The molecule has 0 amide bonds. The van der Waals surface area contributed by atoms with Crippen molar-refractivity contribution in [3.05, 3.63) is 28.3 Å². The summed E-state index contributed by atoms with van der Waals surface area (Å²) in [6.07, 6.45) is 1.22. The lowest BCUT2D eigenvalue weighted by molar-refractivity contribution is 0.683. The van der Waals surface area contributed by atoms with Gasteiger partial charge < -0.3 is 5.32 Å². The van der Waals surface area contributed by atoms with Crippen molar-refractivity contribution in [2.75, 3.05) is 11.9 Å². The molecule has 0 radical (unpaired) electrons. The van der Waals surface area contributed by atoms with Gasteiger partial charge in [-0.3, -0.25) is 0 Å². The van der Waals surface area contributed by atoms with Gasteiger partial charge in [-0.1, -0.05) is 24.6 Å². The summed E-state index contributed by atoms with van der Waals surface area (Å²) in [5.41, 5.74) is 3.80. The Kier molecular flexibility index (Phi) is 2.20. The van der Waals surface area contributed by atoms with Crippen LogP contribution in [0.4, 0.5) is 5.69 Å². The van der Waals surface area contributed by atoms with Crippen molar-refractivity contribution in [3.63, 3.8) is 0 Å². The zero-order valence-corrected chi connectivity index (χ0v) is 8.78. The van der Waals surface area contributed by atoms with Gasteiger partial charge in [-0.2, -0.15) is 0 Å². The van der Waals surface area contributed by atoms with E-state index < -0.39 is 0 Å². The molecule has 0 unspecified atom stereocenters. The van der Waals surface area contributed by atoms with Gasteiger partial charge in [0.2, 0.25) is 0 Å². The summed E-state index contributed by atoms with van der Waals surface area (Å²) in [5.74, 6) is 0.659. The Morgan fingerprint density at radius 1 is 1.46 bits per heavy atom. The molecular weight excluding hydrogens is 182 g/mol. The summed E-state index contributed by atoms with van der Waals surface area (Å²) in [7, 11) is 0. The number of anilines is 1. The lowest BCUT2D eigenvalue weighted by atomic mass is 9.91. The average molecular weight is 196 g/mol. The predicted molar refractivity (Wildman–Crippen MR) is 57.7 cm³/mol. The molecule has 1 aliphatic heterocycles. The number of hydrogen-bond donors (Lipinski definition) is 1. The number of fused-ring (bicyclic) bond motifs is 1. The van der Waals surface area contributed by atoms with Crippen LogP contribution in [0.5, 0.6) is 0 Å². The number of nitrogens with one attached hydrogen (secondary N) is 1. The molecule has 2 heteroatoms. The highest BCUT2D eigenvalue weighted by molar-refractivity contribution is 6.31. The van der Waals surface area contributed by atoms with Crippen LogP contribution in [0.3, 0.4) is 0 Å². The van der Waals surface area contributed by atoms with Crippen molar-refractivity contribution in [1.29, 1.82) is 0 Å². The van der Waals surface area contributed by atoms with Crippen molar-refractivity contribution in [2.24, 2.45) is 0 Å². The highest BCUT2D eigenvalue weighted by Gasteiger charge is 2.16. The normalized spacial score (nSPS) is 20.7.